The number of methoxy groups -OCH3 is 1. The van der Waals surface area contributed by atoms with Crippen molar-refractivity contribution in [3.8, 4) is 17.1 Å². The van der Waals surface area contributed by atoms with Gasteiger partial charge in [0, 0.05) is 25.2 Å². The topological polar surface area (TPSA) is 125 Å². The first-order chi connectivity index (χ1) is 15.6. The molecule has 166 valence electrons. The lowest BCUT2D eigenvalue weighted by Gasteiger charge is -2.33. The smallest absolute Gasteiger partial charge is 0.232 e. The number of aromatic nitrogens is 6. The largest absolute Gasteiger partial charge is 0.480 e. The van der Waals surface area contributed by atoms with Crippen LogP contribution in [0.5, 0.6) is 5.88 Å². The summed E-state index contributed by atoms with van der Waals surface area (Å²) in [4.78, 5) is 20.3. The molecule has 32 heavy (non-hydrogen) atoms. The molecule has 0 saturated carbocycles. The van der Waals surface area contributed by atoms with Crippen molar-refractivity contribution in [2.75, 3.05) is 32.1 Å². The lowest BCUT2D eigenvalue weighted by Crippen LogP contribution is -2.45. The molecule has 0 radical (unpaired) electrons. The standard InChI is InChI=1S/C21H23ClN8O2/c1-30(11-4-3-7-23-8-11)21-14(10-31)25-19-17(28-29-20(19)27-21)12-5-6-13-18(16(12)22)26-15(32-2)9-24-13/h5-6,9,11,23,31H,3-4,7-8,10H2,1-2H3,(H,27,28,29)/t11-/m1/s1. The average Bonchev–Trinajstić information content (AvgIpc) is 3.26. The Hall–Kier alpha value is -3.08. The summed E-state index contributed by atoms with van der Waals surface area (Å²) in [6.07, 6.45) is 3.70. The number of H-pyrrole nitrogens is 1. The van der Waals surface area contributed by atoms with Crippen LogP contribution in [-0.2, 0) is 6.61 Å². The second-order valence-electron chi connectivity index (χ2n) is 7.74. The van der Waals surface area contributed by atoms with Crippen molar-refractivity contribution in [1.29, 1.82) is 0 Å². The Kier molecular flexibility index (Phi) is 5.50. The Morgan fingerprint density at radius 1 is 1.25 bits per heavy atom. The van der Waals surface area contributed by atoms with E-state index in [0.29, 0.717) is 55.9 Å². The van der Waals surface area contributed by atoms with Crippen LogP contribution in [0.1, 0.15) is 18.5 Å². The number of ether oxygens (including phenoxy) is 1. The fourth-order valence-corrected chi connectivity index (χ4v) is 4.38. The molecule has 1 fully saturated rings. The van der Waals surface area contributed by atoms with Crippen LogP contribution in [0, 0.1) is 0 Å². The number of anilines is 1. The number of benzene rings is 1. The predicted molar refractivity (Wildman–Crippen MR) is 122 cm³/mol. The number of nitrogens with zero attached hydrogens (tertiary/aromatic N) is 6. The molecule has 1 aromatic carbocycles. The minimum atomic E-state index is -0.235. The molecule has 11 heteroatoms. The van der Waals surface area contributed by atoms with Crippen LogP contribution in [0.4, 0.5) is 5.82 Å². The van der Waals surface area contributed by atoms with Crippen LogP contribution in [0.3, 0.4) is 0 Å². The van der Waals surface area contributed by atoms with Gasteiger partial charge < -0.3 is 20.1 Å². The lowest BCUT2D eigenvalue weighted by molar-refractivity contribution is 0.276. The Bertz CT molecular complexity index is 1290. The van der Waals surface area contributed by atoms with E-state index >= 15 is 0 Å². The number of rotatable bonds is 5. The average molecular weight is 455 g/mol. The molecule has 1 saturated heterocycles. The monoisotopic (exact) mass is 454 g/mol. The number of aromatic amines is 1. The number of aliphatic hydroxyl groups is 1. The maximum Gasteiger partial charge on any atom is 0.232 e. The molecule has 0 bridgehead atoms. The fraction of sp³-hybridized carbons (Fsp3) is 0.381. The zero-order valence-corrected chi connectivity index (χ0v) is 18.5. The third-order valence-electron chi connectivity index (χ3n) is 5.84. The van der Waals surface area contributed by atoms with Crippen LogP contribution in [0.2, 0.25) is 5.02 Å². The summed E-state index contributed by atoms with van der Waals surface area (Å²) in [5.41, 5.74) is 3.88. The van der Waals surface area contributed by atoms with Gasteiger partial charge >= 0.3 is 0 Å². The number of hydrogen-bond donors (Lipinski definition) is 3. The van der Waals surface area contributed by atoms with Gasteiger partial charge in [-0.15, -0.1) is 0 Å². The number of likely N-dealkylation sites (N-methyl/N-ethyl adjacent to an activating group) is 1. The third kappa shape index (κ3) is 3.50. The van der Waals surface area contributed by atoms with E-state index in [-0.39, 0.29) is 12.6 Å². The summed E-state index contributed by atoms with van der Waals surface area (Å²) in [6, 6.07) is 3.93. The molecule has 5 rings (SSSR count). The summed E-state index contributed by atoms with van der Waals surface area (Å²) in [7, 11) is 3.51. The molecule has 0 amide bonds. The maximum atomic E-state index is 10.0. The highest BCUT2D eigenvalue weighted by atomic mass is 35.5. The molecule has 1 aliphatic heterocycles. The number of piperidine rings is 1. The van der Waals surface area contributed by atoms with Gasteiger partial charge in [-0.3, -0.25) is 5.10 Å². The molecule has 10 nitrogen and oxygen atoms in total. The van der Waals surface area contributed by atoms with Crippen LogP contribution in [0.15, 0.2) is 18.3 Å². The molecule has 3 N–H and O–H groups in total. The first-order valence-electron chi connectivity index (χ1n) is 10.4. The van der Waals surface area contributed by atoms with Gasteiger partial charge in [0.15, 0.2) is 11.5 Å². The first kappa shape index (κ1) is 20.8. The zero-order chi connectivity index (χ0) is 22.2. The Balaban J connectivity index is 1.61. The lowest BCUT2D eigenvalue weighted by atomic mass is 10.1. The van der Waals surface area contributed by atoms with Gasteiger partial charge in [-0.1, -0.05) is 11.6 Å². The molecule has 1 atom stereocenters. The van der Waals surface area contributed by atoms with E-state index in [1.54, 1.807) is 6.20 Å². The Morgan fingerprint density at radius 2 is 2.12 bits per heavy atom. The van der Waals surface area contributed by atoms with Gasteiger partial charge in [-0.25, -0.2) is 19.9 Å². The second kappa shape index (κ2) is 8.45. The van der Waals surface area contributed by atoms with Crippen molar-refractivity contribution in [2.45, 2.75) is 25.5 Å². The molecule has 0 aliphatic carbocycles. The highest BCUT2D eigenvalue weighted by Gasteiger charge is 2.24. The van der Waals surface area contributed by atoms with Gasteiger partial charge in [0.25, 0.3) is 0 Å². The summed E-state index contributed by atoms with van der Waals surface area (Å²) in [6.45, 7) is 1.66. The highest BCUT2D eigenvalue weighted by molar-refractivity contribution is 6.38. The normalized spacial score (nSPS) is 16.6. The van der Waals surface area contributed by atoms with E-state index in [2.05, 4.69) is 30.4 Å². The van der Waals surface area contributed by atoms with Gasteiger partial charge in [0.05, 0.1) is 30.5 Å². The second-order valence-corrected chi connectivity index (χ2v) is 8.12. The number of halogens is 1. The van der Waals surface area contributed by atoms with Crippen LogP contribution >= 0.6 is 11.6 Å². The highest BCUT2D eigenvalue weighted by Crippen LogP contribution is 2.36. The summed E-state index contributed by atoms with van der Waals surface area (Å²) < 4.78 is 5.18. The van der Waals surface area contributed by atoms with Crippen LogP contribution in [-0.4, -0.2) is 68.5 Å². The number of aliphatic hydroxyl groups excluding tert-OH is 1. The fourth-order valence-electron chi connectivity index (χ4n) is 4.09. The van der Waals surface area contributed by atoms with E-state index in [1.165, 1.54) is 7.11 Å². The Morgan fingerprint density at radius 3 is 2.88 bits per heavy atom. The van der Waals surface area contributed by atoms with Crippen LogP contribution < -0.4 is 15.0 Å². The molecule has 0 unspecified atom stereocenters. The molecule has 4 aromatic rings. The van der Waals surface area contributed by atoms with E-state index in [4.69, 9.17) is 26.3 Å². The minimum Gasteiger partial charge on any atom is -0.480 e. The van der Waals surface area contributed by atoms with E-state index in [0.717, 1.165) is 25.9 Å². The Labute approximate surface area is 189 Å². The SMILES string of the molecule is COc1cnc2ccc(-c3n[nH]c4nc(N(C)[C@@H]5CCCNC5)c(CO)nc34)c(Cl)c2n1. The van der Waals surface area contributed by atoms with E-state index in [1.807, 2.05) is 19.2 Å². The maximum absolute atomic E-state index is 10.0. The molecule has 4 heterocycles. The van der Waals surface area contributed by atoms with Crippen molar-refractivity contribution in [1.82, 2.24) is 35.5 Å². The van der Waals surface area contributed by atoms with Crippen molar-refractivity contribution in [3.63, 3.8) is 0 Å². The molecule has 1 aliphatic rings. The van der Waals surface area contributed by atoms with Crippen molar-refractivity contribution < 1.29 is 9.84 Å². The molecular formula is C21H23ClN8O2. The van der Waals surface area contributed by atoms with Crippen molar-refractivity contribution >= 4 is 39.6 Å². The van der Waals surface area contributed by atoms with Gasteiger partial charge in [0.1, 0.15) is 22.4 Å². The van der Waals surface area contributed by atoms with E-state index in [9.17, 15) is 5.11 Å². The first-order valence-corrected chi connectivity index (χ1v) is 10.8. The summed E-state index contributed by atoms with van der Waals surface area (Å²) in [5, 5.41) is 21.2. The summed E-state index contributed by atoms with van der Waals surface area (Å²) in [5.74, 6) is 1.01. The predicted octanol–water partition coefficient (Wildman–Crippen LogP) is 2.31. The zero-order valence-electron chi connectivity index (χ0n) is 17.8. The molecular weight excluding hydrogens is 432 g/mol. The van der Waals surface area contributed by atoms with Gasteiger partial charge in [0.2, 0.25) is 5.88 Å². The van der Waals surface area contributed by atoms with Crippen molar-refractivity contribution in [2.24, 2.45) is 0 Å². The quantitative estimate of drug-likeness (QED) is 0.416. The minimum absolute atomic E-state index is 0.235. The van der Waals surface area contributed by atoms with Gasteiger partial charge in [-0.2, -0.15) is 5.10 Å². The van der Waals surface area contributed by atoms with Gasteiger partial charge in [-0.05, 0) is 31.5 Å². The van der Waals surface area contributed by atoms with E-state index < -0.39 is 0 Å². The number of nitrogens with one attached hydrogen (secondary N) is 2. The van der Waals surface area contributed by atoms with Crippen molar-refractivity contribution in [3.05, 3.63) is 29.0 Å². The number of fused-ring (bicyclic) bond motifs is 2. The summed E-state index contributed by atoms with van der Waals surface area (Å²) >= 11 is 6.69. The molecule has 0 spiro atoms. The van der Waals surface area contributed by atoms with Crippen LogP contribution in [0.25, 0.3) is 33.5 Å². The third-order valence-corrected chi connectivity index (χ3v) is 6.23. The number of hydrogen-bond acceptors (Lipinski definition) is 9. The molecule has 3 aromatic heterocycles.